The summed E-state index contributed by atoms with van der Waals surface area (Å²) in [5, 5.41) is 15.7. The van der Waals surface area contributed by atoms with Crippen molar-refractivity contribution in [2.75, 3.05) is 5.32 Å². The van der Waals surface area contributed by atoms with Gasteiger partial charge in [-0.1, -0.05) is 36.8 Å². The van der Waals surface area contributed by atoms with Crippen molar-refractivity contribution in [2.24, 2.45) is 5.92 Å². The number of aryl methyl sites for hydroxylation is 1. The van der Waals surface area contributed by atoms with Crippen molar-refractivity contribution in [3.05, 3.63) is 47.8 Å². The van der Waals surface area contributed by atoms with E-state index in [4.69, 9.17) is 5.11 Å². The van der Waals surface area contributed by atoms with E-state index >= 15 is 0 Å². The van der Waals surface area contributed by atoms with Crippen molar-refractivity contribution in [3.8, 4) is 0 Å². The van der Waals surface area contributed by atoms with Crippen LogP contribution in [0.25, 0.3) is 0 Å². The molecule has 23 heavy (non-hydrogen) atoms. The van der Waals surface area contributed by atoms with Crippen LogP contribution in [0.3, 0.4) is 0 Å². The zero-order valence-corrected chi connectivity index (χ0v) is 13.3. The van der Waals surface area contributed by atoms with Gasteiger partial charge in [0.15, 0.2) is 0 Å². The number of anilines is 1. The highest BCUT2D eigenvalue weighted by atomic mass is 16.4. The third kappa shape index (κ3) is 5.58. The molecule has 0 unspecified atom stereocenters. The lowest BCUT2D eigenvalue weighted by atomic mass is 10.0. The minimum absolute atomic E-state index is 0.0138. The molecule has 1 atom stereocenters. The van der Waals surface area contributed by atoms with Gasteiger partial charge in [-0.15, -0.1) is 0 Å². The number of carboxylic acids is 1. The summed E-state index contributed by atoms with van der Waals surface area (Å²) in [4.78, 5) is 22.5. The number of carbonyl (C=O) groups is 2. The van der Waals surface area contributed by atoms with Gasteiger partial charge in [0.25, 0.3) is 0 Å². The quantitative estimate of drug-likeness (QED) is 0.822. The standard InChI is InChI=1S/C17H21N3O3/c1-12-3-5-14(6-4-12)10-20-11-15(9-18-20)19-16(21)7-13(2)8-17(22)23/h3-6,9,11,13H,7-8,10H2,1-2H3,(H,19,21)(H,22,23)/t13-/m0/s1. The predicted octanol–water partition coefficient (Wildman–Crippen LogP) is 2.68. The molecule has 122 valence electrons. The fraction of sp³-hybridized carbons (Fsp3) is 0.353. The van der Waals surface area contributed by atoms with Crippen LogP contribution >= 0.6 is 0 Å². The number of nitrogens with zero attached hydrogens (tertiary/aromatic N) is 2. The number of hydrogen-bond acceptors (Lipinski definition) is 3. The second-order valence-corrected chi connectivity index (χ2v) is 5.87. The van der Waals surface area contributed by atoms with Crippen LogP contribution in [0.4, 0.5) is 5.69 Å². The summed E-state index contributed by atoms with van der Waals surface area (Å²) in [6.07, 6.45) is 3.52. The Balaban J connectivity index is 1.88. The van der Waals surface area contributed by atoms with Crippen LogP contribution in [0.1, 0.15) is 30.9 Å². The number of carboxylic acid groups (broad SMARTS) is 1. The molecule has 1 aromatic carbocycles. The van der Waals surface area contributed by atoms with Crippen LogP contribution in [-0.4, -0.2) is 26.8 Å². The molecule has 0 aliphatic rings. The van der Waals surface area contributed by atoms with Crippen molar-refractivity contribution in [2.45, 2.75) is 33.2 Å². The minimum atomic E-state index is -0.892. The summed E-state index contributed by atoms with van der Waals surface area (Å²) in [5.74, 6) is -1.29. The molecule has 1 heterocycles. The van der Waals surface area contributed by atoms with E-state index in [0.29, 0.717) is 12.2 Å². The van der Waals surface area contributed by atoms with E-state index < -0.39 is 5.97 Å². The van der Waals surface area contributed by atoms with E-state index in [0.717, 1.165) is 5.56 Å². The Morgan fingerprint density at radius 3 is 2.61 bits per heavy atom. The highest BCUT2D eigenvalue weighted by Gasteiger charge is 2.13. The number of amides is 1. The van der Waals surface area contributed by atoms with Crippen LogP contribution < -0.4 is 5.32 Å². The highest BCUT2D eigenvalue weighted by molar-refractivity contribution is 5.90. The van der Waals surface area contributed by atoms with Gasteiger partial charge < -0.3 is 10.4 Å². The van der Waals surface area contributed by atoms with Gasteiger partial charge in [0, 0.05) is 19.0 Å². The zero-order chi connectivity index (χ0) is 16.8. The molecule has 0 bridgehead atoms. The van der Waals surface area contributed by atoms with Gasteiger partial charge in [-0.3, -0.25) is 14.3 Å². The molecular weight excluding hydrogens is 294 g/mol. The van der Waals surface area contributed by atoms with E-state index in [1.165, 1.54) is 5.56 Å². The zero-order valence-electron chi connectivity index (χ0n) is 13.3. The first-order chi connectivity index (χ1) is 10.9. The molecule has 0 aliphatic heterocycles. The average Bonchev–Trinajstić information content (AvgIpc) is 2.87. The van der Waals surface area contributed by atoms with Gasteiger partial charge in [-0.2, -0.15) is 5.10 Å². The Morgan fingerprint density at radius 2 is 1.96 bits per heavy atom. The Kier molecular flexibility index (Phi) is 5.51. The van der Waals surface area contributed by atoms with E-state index in [-0.39, 0.29) is 24.7 Å². The van der Waals surface area contributed by atoms with E-state index in [1.54, 1.807) is 24.0 Å². The summed E-state index contributed by atoms with van der Waals surface area (Å²) in [7, 11) is 0. The Hall–Kier alpha value is -2.63. The molecule has 0 saturated heterocycles. The van der Waals surface area contributed by atoms with Crippen molar-refractivity contribution < 1.29 is 14.7 Å². The molecule has 0 spiro atoms. The summed E-state index contributed by atoms with van der Waals surface area (Å²) in [6.45, 7) is 4.41. The molecular formula is C17H21N3O3. The fourth-order valence-corrected chi connectivity index (χ4v) is 2.29. The van der Waals surface area contributed by atoms with Crippen LogP contribution in [0, 0.1) is 12.8 Å². The molecule has 2 rings (SSSR count). The van der Waals surface area contributed by atoms with Crippen LogP contribution in [0.15, 0.2) is 36.7 Å². The predicted molar refractivity (Wildman–Crippen MR) is 87.2 cm³/mol. The molecule has 0 aliphatic carbocycles. The molecule has 2 aromatic rings. The first-order valence-corrected chi connectivity index (χ1v) is 7.52. The third-order valence-corrected chi connectivity index (χ3v) is 3.44. The summed E-state index contributed by atoms with van der Waals surface area (Å²) in [6, 6.07) is 8.18. The Bertz CT molecular complexity index is 677. The Labute approximate surface area is 135 Å². The number of benzene rings is 1. The molecule has 6 nitrogen and oxygen atoms in total. The maximum absolute atomic E-state index is 11.9. The molecule has 2 N–H and O–H groups in total. The topological polar surface area (TPSA) is 84.2 Å². The second kappa shape index (κ2) is 7.58. The number of hydrogen-bond donors (Lipinski definition) is 2. The fourth-order valence-electron chi connectivity index (χ4n) is 2.29. The number of rotatable bonds is 7. The van der Waals surface area contributed by atoms with Gasteiger partial charge in [0.1, 0.15) is 0 Å². The van der Waals surface area contributed by atoms with Crippen molar-refractivity contribution in [1.29, 1.82) is 0 Å². The maximum Gasteiger partial charge on any atom is 0.303 e. The maximum atomic E-state index is 11.9. The van der Waals surface area contributed by atoms with E-state index in [2.05, 4.69) is 10.4 Å². The molecule has 0 fully saturated rings. The van der Waals surface area contributed by atoms with Gasteiger partial charge in [-0.05, 0) is 18.4 Å². The normalized spacial score (nSPS) is 11.9. The number of aromatic nitrogens is 2. The van der Waals surface area contributed by atoms with E-state index in [1.807, 2.05) is 31.2 Å². The summed E-state index contributed by atoms with van der Waals surface area (Å²) in [5.41, 5.74) is 2.95. The van der Waals surface area contributed by atoms with Gasteiger partial charge in [0.2, 0.25) is 5.91 Å². The van der Waals surface area contributed by atoms with Crippen LogP contribution in [0.5, 0.6) is 0 Å². The highest BCUT2D eigenvalue weighted by Crippen LogP contribution is 2.12. The number of nitrogens with one attached hydrogen (secondary N) is 1. The number of aliphatic carboxylic acids is 1. The van der Waals surface area contributed by atoms with Crippen molar-refractivity contribution in [1.82, 2.24) is 9.78 Å². The minimum Gasteiger partial charge on any atom is -0.481 e. The molecule has 6 heteroatoms. The van der Waals surface area contributed by atoms with Gasteiger partial charge >= 0.3 is 5.97 Å². The third-order valence-electron chi connectivity index (χ3n) is 3.44. The lowest BCUT2D eigenvalue weighted by Crippen LogP contribution is -2.16. The van der Waals surface area contributed by atoms with E-state index in [9.17, 15) is 9.59 Å². The van der Waals surface area contributed by atoms with Crippen molar-refractivity contribution in [3.63, 3.8) is 0 Å². The monoisotopic (exact) mass is 315 g/mol. The Morgan fingerprint density at radius 1 is 1.26 bits per heavy atom. The molecule has 0 saturated carbocycles. The lowest BCUT2D eigenvalue weighted by Gasteiger charge is -2.07. The first kappa shape index (κ1) is 16.7. The smallest absolute Gasteiger partial charge is 0.303 e. The SMILES string of the molecule is Cc1ccc(Cn2cc(NC(=O)C[C@H](C)CC(=O)O)cn2)cc1. The first-order valence-electron chi connectivity index (χ1n) is 7.52. The molecule has 1 aromatic heterocycles. The lowest BCUT2D eigenvalue weighted by molar-refractivity contribution is -0.138. The van der Waals surface area contributed by atoms with Gasteiger partial charge in [0.05, 0.1) is 18.4 Å². The van der Waals surface area contributed by atoms with Gasteiger partial charge in [-0.25, -0.2) is 0 Å². The summed E-state index contributed by atoms with van der Waals surface area (Å²) < 4.78 is 1.75. The van der Waals surface area contributed by atoms with Crippen LogP contribution in [-0.2, 0) is 16.1 Å². The van der Waals surface area contributed by atoms with Crippen LogP contribution in [0.2, 0.25) is 0 Å². The molecule has 1 amide bonds. The average molecular weight is 315 g/mol. The van der Waals surface area contributed by atoms with Crippen molar-refractivity contribution >= 4 is 17.6 Å². The largest absolute Gasteiger partial charge is 0.481 e. The number of carbonyl (C=O) groups excluding carboxylic acids is 1. The summed E-state index contributed by atoms with van der Waals surface area (Å²) >= 11 is 0. The molecule has 0 radical (unpaired) electrons. The second-order valence-electron chi connectivity index (χ2n) is 5.87.